The Kier molecular flexibility index (Phi) is 6.82. The highest BCUT2D eigenvalue weighted by atomic mass is 16.2. The van der Waals surface area contributed by atoms with E-state index in [0.717, 1.165) is 24.8 Å². The molecule has 2 fully saturated rings. The van der Waals surface area contributed by atoms with E-state index in [1.54, 1.807) is 6.20 Å². The topological polar surface area (TPSA) is 48.5 Å². The van der Waals surface area contributed by atoms with E-state index in [-0.39, 0.29) is 5.91 Å². The molecule has 2 aliphatic rings. The van der Waals surface area contributed by atoms with Crippen molar-refractivity contribution in [1.29, 1.82) is 0 Å². The van der Waals surface area contributed by atoms with Gasteiger partial charge in [0, 0.05) is 25.3 Å². The van der Waals surface area contributed by atoms with Crippen molar-refractivity contribution in [3.8, 4) is 0 Å². The summed E-state index contributed by atoms with van der Waals surface area (Å²) < 4.78 is 0. The van der Waals surface area contributed by atoms with Crippen LogP contribution >= 0.6 is 0 Å². The second-order valence-corrected chi connectivity index (χ2v) is 7.68. The molecule has 5 nitrogen and oxygen atoms in total. The van der Waals surface area contributed by atoms with Gasteiger partial charge in [-0.2, -0.15) is 0 Å². The fourth-order valence-electron chi connectivity index (χ4n) is 4.16. The summed E-state index contributed by atoms with van der Waals surface area (Å²) in [6, 6.07) is 6.51. The van der Waals surface area contributed by atoms with Gasteiger partial charge in [-0.3, -0.25) is 14.7 Å². The quantitative estimate of drug-likeness (QED) is 0.860. The predicted molar refractivity (Wildman–Crippen MR) is 100 cm³/mol. The third kappa shape index (κ3) is 5.79. The molecule has 1 aromatic heterocycles. The minimum Gasteiger partial charge on any atom is -0.349 e. The van der Waals surface area contributed by atoms with Gasteiger partial charge in [0.2, 0.25) is 5.91 Å². The number of nitrogens with zero attached hydrogens (tertiary/aromatic N) is 3. The minimum absolute atomic E-state index is 0.109. The fraction of sp³-hybridized carbons (Fsp3) is 0.700. The Hall–Kier alpha value is -1.46. The summed E-state index contributed by atoms with van der Waals surface area (Å²) in [7, 11) is 0. The largest absolute Gasteiger partial charge is 0.349 e. The van der Waals surface area contributed by atoms with Crippen LogP contribution in [0.5, 0.6) is 0 Å². The molecule has 25 heavy (non-hydrogen) atoms. The zero-order valence-electron chi connectivity index (χ0n) is 15.5. The molecule has 0 saturated carbocycles. The van der Waals surface area contributed by atoms with Crippen LogP contribution in [-0.4, -0.2) is 59.5 Å². The summed E-state index contributed by atoms with van der Waals surface area (Å²) in [6.07, 6.45) is 8.34. The summed E-state index contributed by atoms with van der Waals surface area (Å²) in [5.74, 6) is 0.815. The molecule has 3 heterocycles. The number of piperidine rings is 2. The van der Waals surface area contributed by atoms with Crippen molar-refractivity contribution in [3.63, 3.8) is 0 Å². The first-order valence-electron chi connectivity index (χ1n) is 9.83. The zero-order valence-corrected chi connectivity index (χ0v) is 15.5. The third-order valence-electron chi connectivity index (χ3n) is 5.60. The molecule has 138 valence electrons. The number of rotatable bonds is 6. The number of pyridine rings is 1. The Labute approximate surface area is 151 Å². The molecule has 2 aliphatic heterocycles. The van der Waals surface area contributed by atoms with Crippen LogP contribution in [0.2, 0.25) is 0 Å². The van der Waals surface area contributed by atoms with Crippen LogP contribution in [0, 0.1) is 5.92 Å². The maximum absolute atomic E-state index is 12.2. The molecular weight excluding hydrogens is 312 g/mol. The Bertz CT molecular complexity index is 536. The van der Waals surface area contributed by atoms with Crippen molar-refractivity contribution >= 4 is 5.91 Å². The molecular formula is C20H32N4O. The molecule has 0 spiro atoms. The number of hydrogen-bond donors (Lipinski definition) is 1. The van der Waals surface area contributed by atoms with Gasteiger partial charge in [-0.15, -0.1) is 0 Å². The molecule has 0 radical (unpaired) electrons. The maximum atomic E-state index is 12.2. The predicted octanol–water partition coefficient (Wildman–Crippen LogP) is 2.28. The first-order valence-corrected chi connectivity index (χ1v) is 9.83. The molecule has 1 aromatic rings. The van der Waals surface area contributed by atoms with E-state index >= 15 is 0 Å². The van der Waals surface area contributed by atoms with E-state index in [1.165, 1.54) is 45.2 Å². The summed E-state index contributed by atoms with van der Waals surface area (Å²) in [5, 5.41) is 3.00. The number of likely N-dealkylation sites (tertiary alicyclic amines) is 2. The van der Waals surface area contributed by atoms with E-state index < -0.39 is 0 Å². The number of nitrogens with one attached hydrogen (secondary N) is 1. The molecule has 5 heteroatoms. The molecule has 2 atom stereocenters. The van der Waals surface area contributed by atoms with Gasteiger partial charge in [0.15, 0.2) is 0 Å². The minimum atomic E-state index is 0.109. The smallest absolute Gasteiger partial charge is 0.234 e. The highest BCUT2D eigenvalue weighted by molar-refractivity contribution is 5.77. The Morgan fingerprint density at radius 2 is 2.16 bits per heavy atom. The van der Waals surface area contributed by atoms with E-state index in [0.29, 0.717) is 19.0 Å². The lowest BCUT2D eigenvalue weighted by molar-refractivity contribution is -0.122. The second kappa shape index (κ2) is 9.30. The number of carbonyl (C=O) groups is 1. The second-order valence-electron chi connectivity index (χ2n) is 7.68. The van der Waals surface area contributed by atoms with Gasteiger partial charge in [-0.1, -0.05) is 12.5 Å². The molecule has 3 rings (SSSR count). The van der Waals surface area contributed by atoms with Crippen LogP contribution in [0.4, 0.5) is 0 Å². The van der Waals surface area contributed by atoms with Crippen molar-refractivity contribution in [3.05, 3.63) is 30.1 Å². The van der Waals surface area contributed by atoms with Gasteiger partial charge in [0.25, 0.3) is 0 Å². The van der Waals surface area contributed by atoms with Crippen LogP contribution in [0.1, 0.15) is 44.7 Å². The average molecular weight is 345 g/mol. The molecule has 2 unspecified atom stereocenters. The molecule has 0 bridgehead atoms. The van der Waals surface area contributed by atoms with Crippen LogP contribution in [0.3, 0.4) is 0 Å². The van der Waals surface area contributed by atoms with Crippen LogP contribution < -0.4 is 5.32 Å². The van der Waals surface area contributed by atoms with Crippen molar-refractivity contribution < 1.29 is 4.79 Å². The van der Waals surface area contributed by atoms with E-state index in [9.17, 15) is 4.79 Å². The summed E-state index contributed by atoms with van der Waals surface area (Å²) >= 11 is 0. The zero-order chi connectivity index (χ0) is 17.5. The van der Waals surface area contributed by atoms with E-state index in [2.05, 4.69) is 27.0 Å². The highest BCUT2D eigenvalue weighted by Gasteiger charge is 2.26. The normalized spacial score (nSPS) is 25.6. The van der Waals surface area contributed by atoms with Crippen LogP contribution in [0.15, 0.2) is 24.4 Å². The summed E-state index contributed by atoms with van der Waals surface area (Å²) in [6.45, 7) is 7.95. The number of hydrogen-bond acceptors (Lipinski definition) is 4. The Morgan fingerprint density at radius 1 is 1.24 bits per heavy atom. The monoisotopic (exact) mass is 344 g/mol. The number of carbonyl (C=O) groups excluding carboxylic acids is 1. The summed E-state index contributed by atoms with van der Waals surface area (Å²) in [5.41, 5.74) is 0.909. The maximum Gasteiger partial charge on any atom is 0.234 e. The average Bonchev–Trinajstić information content (AvgIpc) is 2.63. The highest BCUT2D eigenvalue weighted by Crippen LogP contribution is 2.22. The van der Waals surface area contributed by atoms with E-state index in [1.807, 2.05) is 18.2 Å². The lowest BCUT2D eigenvalue weighted by Gasteiger charge is -2.39. The molecule has 0 aliphatic carbocycles. The van der Waals surface area contributed by atoms with Gasteiger partial charge >= 0.3 is 0 Å². The molecule has 2 saturated heterocycles. The van der Waals surface area contributed by atoms with Crippen LogP contribution in [-0.2, 0) is 11.3 Å². The number of aromatic nitrogens is 1. The van der Waals surface area contributed by atoms with Gasteiger partial charge in [-0.25, -0.2) is 0 Å². The standard InChI is InChI=1S/C20H32N4O/c1-17-7-3-5-12-24(17)15-18-8-6-11-23(14-18)16-20(25)22-13-19-9-2-4-10-21-19/h2,4,9-10,17-18H,3,5-8,11-16H2,1H3,(H,22,25). The Morgan fingerprint density at radius 3 is 2.96 bits per heavy atom. The lowest BCUT2D eigenvalue weighted by atomic mass is 9.95. The Balaban J connectivity index is 1.41. The van der Waals surface area contributed by atoms with Crippen molar-refractivity contribution in [1.82, 2.24) is 20.1 Å². The van der Waals surface area contributed by atoms with Crippen LogP contribution in [0.25, 0.3) is 0 Å². The fourth-order valence-corrected chi connectivity index (χ4v) is 4.16. The van der Waals surface area contributed by atoms with Gasteiger partial charge in [0.1, 0.15) is 0 Å². The molecule has 0 aromatic carbocycles. The van der Waals surface area contributed by atoms with E-state index in [4.69, 9.17) is 0 Å². The first kappa shape index (κ1) is 18.3. The first-order chi connectivity index (χ1) is 12.2. The van der Waals surface area contributed by atoms with Crippen molar-refractivity contribution in [2.24, 2.45) is 5.92 Å². The van der Waals surface area contributed by atoms with Gasteiger partial charge in [0.05, 0.1) is 18.8 Å². The third-order valence-corrected chi connectivity index (χ3v) is 5.60. The SMILES string of the molecule is CC1CCCCN1CC1CCCN(CC(=O)NCc2ccccn2)C1. The molecule has 1 N–H and O–H groups in total. The van der Waals surface area contributed by atoms with Gasteiger partial charge < -0.3 is 10.2 Å². The van der Waals surface area contributed by atoms with Gasteiger partial charge in [-0.05, 0) is 63.7 Å². The lowest BCUT2D eigenvalue weighted by Crippen LogP contribution is -2.47. The van der Waals surface area contributed by atoms with Crippen molar-refractivity contribution in [2.75, 3.05) is 32.7 Å². The summed E-state index contributed by atoms with van der Waals surface area (Å²) in [4.78, 5) is 21.5. The molecule has 1 amide bonds. The number of amides is 1. The van der Waals surface area contributed by atoms with Crippen molar-refractivity contribution in [2.45, 2.75) is 51.6 Å².